The van der Waals surface area contributed by atoms with Gasteiger partial charge in [0, 0.05) is 5.56 Å². The van der Waals surface area contributed by atoms with Crippen molar-refractivity contribution in [1.82, 2.24) is 0 Å². The highest BCUT2D eigenvalue weighted by Gasteiger charge is 2.02. The summed E-state index contributed by atoms with van der Waals surface area (Å²) in [4.78, 5) is 0. The highest BCUT2D eigenvalue weighted by molar-refractivity contribution is 5.92. The first-order valence-electron chi connectivity index (χ1n) is 4.60. The van der Waals surface area contributed by atoms with Gasteiger partial charge < -0.3 is 4.74 Å². The lowest BCUT2D eigenvalue weighted by atomic mass is 10.1. The quantitative estimate of drug-likeness (QED) is 0.432. The van der Waals surface area contributed by atoms with Crippen molar-refractivity contribution in [1.29, 1.82) is 5.41 Å². The van der Waals surface area contributed by atoms with E-state index in [1.807, 2.05) is 51.1 Å². The number of nitrogens with one attached hydrogen (secondary N) is 1. The maximum Gasteiger partial charge on any atom is 0.218 e. The molecular formula is C12H15NO. The third kappa shape index (κ3) is 2.73. The van der Waals surface area contributed by atoms with Crippen LogP contribution >= 0.6 is 0 Å². The number of rotatable bonds is 2. The van der Waals surface area contributed by atoms with Gasteiger partial charge >= 0.3 is 0 Å². The van der Waals surface area contributed by atoms with Crippen LogP contribution in [0.15, 0.2) is 36.1 Å². The fourth-order valence-electron chi connectivity index (χ4n) is 1.07. The molecule has 2 heteroatoms. The summed E-state index contributed by atoms with van der Waals surface area (Å²) in [6.07, 6.45) is 1.84. The molecule has 0 aromatic heterocycles. The molecule has 74 valence electrons. The number of hydrogen-bond acceptors (Lipinski definition) is 2. The zero-order valence-electron chi connectivity index (χ0n) is 8.79. The van der Waals surface area contributed by atoms with E-state index in [0.717, 1.165) is 16.9 Å². The topological polar surface area (TPSA) is 33.1 Å². The van der Waals surface area contributed by atoms with E-state index in [1.54, 1.807) is 0 Å². The molecule has 2 nitrogen and oxygen atoms in total. The van der Waals surface area contributed by atoms with Gasteiger partial charge in [-0.25, -0.2) is 0 Å². The molecule has 0 aliphatic carbocycles. The Hall–Kier alpha value is -1.57. The van der Waals surface area contributed by atoms with E-state index in [4.69, 9.17) is 10.1 Å². The van der Waals surface area contributed by atoms with Gasteiger partial charge in [-0.05, 0) is 39.0 Å². The smallest absolute Gasteiger partial charge is 0.218 e. The van der Waals surface area contributed by atoms with Gasteiger partial charge in [-0.1, -0.05) is 17.7 Å². The largest absolute Gasteiger partial charge is 0.444 e. The number of allylic oxidation sites excluding steroid dienone is 2. The fraction of sp³-hybridized carbons (Fsp3) is 0.250. The van der Waals surface area contributed by atoms with Crippen LogP contribution in [0, 0.1) is 12.3 Å². The molecule has 1 rings (SSSR count). The molecule has 0 atom stereocenters. The van der Waals surface area contributed by atoms with Crippen molar-refractivity contribution in [2.24, 2.45) is 0 Å². The molecule has 0 heterocycles. The van der Waals surface area contributed by atoms with E-state index < -0.39 is 0 Å². The summed E-state index contributed by atoms with van der Waals surface area (Å²) in [5, 5.41) is 7.70. The second-order valence-corrected chi connectivity index (χ2v) is 3.20. The average Bonchev–Trinajstić information content (AvgIpc) is 2.17. The fourth-order valence-corrected chi connectivity index (χ4v) is 1.07. The first kappa shape index (κ1) is 10.5. The average molecular weight is 189 g/mol. The predicted molar refractivity (Wildman–Crippen MR) is 58.5 cm³/mol. The van der Waals surface area contributed by atoms with Crippen LogP contribution in [-0.4, -0.2) is 5.90 Å². The Morgan fingerprint density at radius 1 is 1.43 bits per heavy atom. The van der Waals surface area contributed by atoms with Gasteiger partial charge in [-0.15, -0.1) is 0 Å². The SMILES string of the molecule is C/C=C(\C)OC(=N)c1cccc(C)c1. The van der Waals surface area contributed by atoms with Gasteiger partial charge in [0.1, 0.15) is 0 Å². The summed E-state index contributed by atoms with van der Waals surface area (Å²) >= 11 is 0. The molecule has 1 aromatic carbocycles. The number of benzene rings is 1. The standard InChI is InChI=1S/C12H15NO/c1-4-10(3)14-12(13)11-7-5-6-9(2)8-11/h4-8,13H,1-3H3/b10-4+,13-12?. The zero-order chi connectivity index (χ0) is 10.6. The molecule has 0 fully saturated rings. The first-order valence-corrected chi connectivity index (χ1v) is 4.60. The second kappa shape index (κ2) is 4.61. The molecule has 0 aliphatic heterocycles. The normalized spacial score (nSPS) is 11.2. The van der Waals surface area contributed by atoms with Crippen LogP contribution in [-0.2, 0) is 4.74 Å². The minimum atomic E-state index is 0.198. The zero-order valence-corrected chi connectivity index (χ0v) is 8.79. The monoisotopic (exact) mass is 189 g/mol. The van der Waals surface area contributed by atoms with Gasteiger partial charge in [-0.3, -0.25) is 5.41 Å². The van der Waals surface area contributed by atoms with E-state index in [0.29, 0.717) is 0 Å². The highest BCUT2D eigenvalue weighted by Crippen LogP contribution is 2.08. The van der Waals surface area contributed by atoms with Crippen LogP contribution in [0.2, 0.25) is 0 Å². The summed E-state index contributed by atoms with van der Waals surface area (Å²) in [5.74, 6) is 0.945. The number of hydrogen-bond donors (Lipinski definition) is 1. The Morgan fingerprint density at radius 2 is 2.14 bits per heavy atom. The van der Waals surface area contributed by atoms with Gasteiger partial charge in [0.2, 0.25) is 5.90 Å². The lowest BCUT2D eigenvalue weighted by molar-refractivity contribution is 0.414. The molecule has 0 bridgehead atoms. The van der Waals surface area contributed by atoms with Crippen molar-refractivity contribution >= 4 is 5.90 Å². The third-order valence-electron chi connectivity index (χ3n) is 1.95. The van der Waals surface area contributed by atoms with E-state index in [-0.39, 0.29) is 5.90 Å². The van der Waals surface area contributed by atoms with Gasteiger partial charge in [0.25, 0.3) is 0 Å². The predicted octanol–water partition coefficient (Wildman–Crippen LogP) is 3.26. The summed E-state index contributed by atoms with van der Waals surface area (Å²) < 4.78 is 5.28. The van der Waals surface area contributed by atoms with Gasteiger partial charge in [0.05, 0.1) is 5.76 Å². The van der Waals surface area contributed by atoms with Crippen LogP contribution in [0.1, 0.15) is 25.0 Å². The second-order valence-electron chi connectivity index (χ2n) is 3.20. The maximum absolute atomic E-state index is 7.70. The summed E-state index contributed by atoms with van der Waals surface area (Å²) in [5.41, 5.74) is 1.94. The van der Waals surface area contributed by atoms with Gasteiger partial charge in [-0.2, -0.15) is 0 Å². The minimum Gasteiger partial charge on any atom is -0.444 e. The minimum absolute atomic E-state index is 0.198. The molecular weight excluding hydrogens is 174 g/mol. The Morgan fingerprint density at radius 3 is 2.71 bits per heavy atom. The lowest BCUT2D eigenvalue weighted by Gasteiger charge is -2.07. The molecule has 0 spiro atoms. The molecule has 14 heavy (non-hydrogen) atoms. The molecule has 1 N–H and O–H groups in total. The Balaban J connectivity index is 2.80. The van der Waals surface area contributed by atoms with Crippen molar-refractivity contribution in [2.75, 3.05) is 0 Å². The summed E-state index contributed by atoms with van der Waals surface area (Å²) in [6.45, 7) is 5.72. The third-order valence-corrected chi connectivity index (χ3v) is 1.95. The van der Waals surface area contributed by atoms with Crippen LogP contribution in [0.4, 0.5) is 0 Å². The van der Waals surface area contributed by atoms with Crippen LogP contribution in [0.25, 0.3) is 0 Å². The highest BCUT2D eigenvalue weighted by atomic mass is 16.5. The first-order chi connectivity index (χ1) is 6.63. The van der Waals surface area contributed by atoms with Crippen molar-refractivity contribution < 1.29 is 4.74 Å². The van der Waals surface area contributed by atoms with E-state index in [9.17, 15) is 0 Å². The van der Waals surface area contributed by atoms with E-state index >= 15 is 0 Å². The Labute approximate surface area is 84.7 Å². The van der Waals surface area contributed by atoms with Crippen LogP contribution < -0.4 is 0 Å². The lowest BCUT2D eigenvalue weighted by Crippen LogP contribution is -2.03. The molecule has 0 aliphatic rings. The maximum atomic E-state index is 7.70. The molecule has 0 unspecified atom stereocenters. The van der Waals surface area contributed by atoms with Crippen molar-refractivity contribution in [2.45, 2.75) is 20.8 Å². The number of ether oxygens (including phenoxy) is 1. The van der Waals surface area contributed by atoms with Crippen molar-refractivity contribution in [3.05, 3.63) is 47.2 Å². The Bertz CT molecular complexity index is 366. The van der Waals surface area contributed by atoms with Crippen LogP contribution in [0.3, 0.4) is 0 Å². The molecule has 0 saturated carbocycles. The molecule has 0 amide bonds. The summed E-state index contributed by atoms with van der Waals surface area (Å²) in [7, 11) is 0. The van der Waals surface area contributed by atoms with E-state index in [1.165, 1.54) is 0 Å². The molecule has 0 radical (unpaired) electrons. The summed E-state index contributed by atoms with van der Waals surface area (Å²) in [6, 6.07) is 7.73. The van der Waals surface area contributed by atoms with Crippen molar-refractivity contribution in [3.63, 3.8) is 0 Å². The Kier molecular flexibility index (Phi) is 3.46. The number of aryl methyl sites for hydroxylation is 1. The van der Waals surface area contributed by atoms with E-state index in [2.05, 4.69) is 0 Å². The van der Waals surface area contributed by atoms with Crippen LogP contribution in [0.5, 0.6) is 0 Å². The van der Waals surface area contributed by atoms with Gasteiger partial charge in [0.15, 0.2) is 0 Å². The molecule has 0 saturated heterocycles. The van der Waals surface area contributed by atoms with Crippen molar-refractivity contribution in [3.8, 4) is 0 Å². The molecule has 1 aromatic rings.